The molecule has 0 aliphatic rings. The van der Waals surface area contributed by atoms with E-state index in [0.717, 1.165) is 94.8 Å². The second-order valence-electron chi connectivity index (χ2n) is 13.9. The molecule has 5 nitrogen and oxygen atoms in total. The fraction of sp³-hybridized carbons (Fsp3) is 0.0577. The fourth-order valence-electron chi connectivity index (χ4n) is 7.90. The van der Waals surface area contributed by atoms with Gasteiger partial charge in [-0.15, -0.1) is 0 Å². The summed E-state index contributed by atoms with van der Waals surface area (Å²) in [4.78, 5) is 15.4. The zero-order valence-corrected chi connectivity index (χ0v) is 32.0. The highest BCUT2D eigenvalue weighted by Crippen LogP contribution is 2.45. The topological polar surface area (TPSA) is 56.7 Å². The van der Waals surface area contributed by atoms with Crippen LogP contribution >= 0.6 is 0 Å². The van der Waals surface area contributed by atoms with Gasteiger partial charge in [-0.1, -0.05) is 160 Å². The zero-order valence-electron chi connectivity index (χ0n) is 32.0. The van der Waals surface area contributed by atoms with Gasteiger partial charge in [-0.2, -0.15) is 0 Å². The van der Waals surface area contributed by atoms with Crippen LogP contribution in [0.25, 0.3) is 94.5 Å². The van der Waals surface area contributed by atoms with Crippen LogP contribution in [0.4, 0.5) is 0 Å². The normalized spacial score (nSPS) is 12.4. The van der Waals surface area contributed by atoms with Crippen molar-refractivity contribution in [2.24, 2.45) is 0 Å². The Hall–Kier alpha value is -7.37. The van der Waals surface area contributed by atoms with Gasteiger partial charge in [0.15, 0.2) is 23.1 Å². The zero-order chi connectivity index (χ0) is 38.9. The number of nitrogens with zero attached hydrogens (tertiary/aromatic N) is 4. The van der Waals surface area contributed by atoms with Gasteiger partial charge in [-0.3, -0.25) is 0 Å². The molecule has 5 heteroatoms. The summed E-state index contributed by atoms with van der Waals surface area (Å²) in [7, 11) is 0. The molecule has 0 aliphatic heterocycles. The largest absolute Gasteiger partial charge is 0.454 e. The highest BCUT2D eigenvalue weighted by atomic mass is 16.3. The van der Waals surface area contributed by atoms with Crippen LogP contribution in [-0.4, -0.2) is 19.5 Å². The molecule has 274 valence electrons. The fourth-order valence-corrected chi connectivity index (χ4v) is 7.90. The van der Waals surface area contributed by atoms with Gasteiger partial charge in [-0.25, -0.2) is 15.0 Å². The Morgan fingerprint density at radius 2 is 1.33 bits per heavy atom. The van der Waals surface area contributed by atoms with E-state index in [1.165, 1.54) is 0 Å². The summed E-state index contributed by atoms with van der Waals surface area (Å²) in [5.74, 6) is 1.79. The van der Waals surface area contributed by atoms with Crippen molar-refractivity contribution in [3.63, 3.8) is 0 Å². The van der Waals surface area contributed by atoms with E-state index < -0.39 is 0 Å². The lowest BCUT2D eigenvalue weighted by Gasteiger charge is -2.21. The van der Waals surface area contributed by atoms with Gasteiger partial charge in [0.1, 0.15) is 5.58 Å². The van der Waals surface area contributed by atoms with Crippen LogP contribution in [0.5, 0.6) is 0 Å². The molecule has 0 aliphatic carbocycles. The Labute approximate surface area is 332 Å². The molecule has 0 bridgehead atoms. The van der Waals surface area contributed by atoms with Gasteiger partial charge in [-0.05, 0) is 54.8 Å². The first-order valence-corrected chi connectivity index (χ1v) is 19.3. The SMILES string of the molecule is C=C/C=C(\C=C)c1cc(-c2nc(C(/C=C\C)=C/CC)nc(-c3ccccc3)n2)cc(-c2ccccc2)c1-n1c2ccccc2c2ccc3c4ccccc4oc3c21. The van der Waals surface area contributed by atoms with Gasteiger partial charge in [0, 0.05) is 49.4 Å². The molecule has 3 heterocycles. The van der Waals surface area contributed by atoms with E-state index in [9.17, 15) is 0 Å². The first-order chi connectivity index (χ1) is 28.1. The highest BCUT2D eigenvalue weighted by Gasteiger charge is 2.25. The number of hydrogen-bond donors (Lipinski definition) is 0. The van der Waals surface area contributed by atoms with Crippen molar-refractivity contribution in [1.82, 2.24) is 19.5 Å². The Kier molecular flexibility index (Phi) is 9.33. The van der Waals surface area contributed by atoms with Gasteiger partial charge in [0.2, 0.25) is 0 Å². The Morgan fingerprint density at radius 1 is 0.667 bits per heavy atom. The summed E-state index contributed by atoms with van der Waals surface area (Å²) in [6, 6.07) is 46.3. The molecule has 9 rings (SSSR count). The first-order valence-electron chi connectivity index (χ1n) is 19.3. The third kappa shape index (κ3) is 6.20. The smallest absolute Gasteiger partial charge is 0.164 e. The highest BCUT2D eigenvalue weighted by molar-refractivity contribution is 6.22. The van der Waals surface area contributed by atoms with E-state index in [0.29, 0.717) is 17.5 Å². The molecule has 9 aromatic rings. The van der Waals surface area contributed by atoms with Crippen molar-refractivity contribution in [3.05, 3.63) is 194 Å². The Morgan fingerprint density at radius 3 is 2.05 bits per heavy atom. The second-order valence-corrected chi connectivity index (χ2v) is 13.9. The van der Waals surface area contributed by atoms with E-state index >= 15 is 0 Å². The van der Waals surface area contributed by atoms with Crippen molar-refractivity contribution >= 4 is 54.9 Å². The molecule has 0 fully saturated rings. The monoisotopic (exact) mass is 736 g/mol. The number of furan rings is 1. The molecule has 0 saturated carbocycles. The van der Waals surface area contributed by atoms with Crippen molar-refractivity contribution in [2.45, 2.75) is 20.3 Å². The van der Waals surface area contributed by atoms with Crippen LogP contribution in [0.1, 0.15) is 31.7 Å². The predicted molar refractivity (Wildman–Crippen MR) is 239 cm³/mol. The lowest BCUT2D eigenvalue weighted by molar-refractivity contribution is 0.671. The molecule has 0 atom stereocenters. The summed E-state index contributed by atoms with van der Waals surface area (Å²) in [6.45, 7) is 12.6. The van der Waals surface area contributed by atoms with Crippen molar-refractivity contribution < 1.29 is 4.42 Å². The average Bonchev–Trinajstić information content (AvgIpc) is 3.81. The summed E-state index contributed by atoms with van der Waals surface area (Å²) in [5.41, 5.74) is 11.3. The summed E-state index contributed by atoms with van der Waals surface area (Å²) in [5, 5.41) is 4.38. The summed E-state index contributed by atoms with van der Waals surface area (Å²) in [6.07, 6.45) is 12.8. The second kappa shape index (κ2) is 15.0. The van der Waals surface area contributed by atoms with Gasteiger partial charge in [0.05, 0.1) is 16.7 Å². The maximum atomic E-state index is 6.79. The third-order valence-corrected chi connectivity index (χ3v) is 10.4. The van der Waals surface area contributed by atoms with Crippen LogP contribution in [0.2, 0.25) is 0 Å². The predicted octanol–water partition coefficient (Wildman–Crippen LogP) is 14.0. The van der Waals surface area contributed by atoms with Crippen LogP contribution in [0, 0.1) is 0 Å². The number of rotatable bonds is 10. The van der Waals surface area contributed by atoms with Gasteiger partial charge < -0.3 is 8.98 Å². The van der Waals surface area contributed by atoms with Crippen molar-refractivity contribution in [1.29, 1.82) is 0 Å². The molecule has 0 N–H and O–H groups in total. The van der Waals surface area contributed by atoms with Gasteiger partial charge in [0.25, 0.3) is 0 Å². The Bertz CT molecular complexity index is 3090. The number of fused-ring (bicyclic) bond motifs is 7. The van der Waals surface area contributed by atoms with E-state index in [1.807, 2.05) is 79.8 Å². The van der Waals surface area contributed by atoms with E-state index in [1.54, 1.807) is 0 Å². The number of hydrogen-bond acceptors (Lipinski definition) is 4. The summed E-state index contributed by atoms with van der Waals surface area (Å²) >= 11 is 0. The third-order valence-electron chi connectivity index (χ3n) is 10.4. The van der Waals surface area contributed by atoms with Crippen LogP contribution < -0.4 is 0 Å². The molecular weight excluding hydrogens is 697 g/mol. The molecule has 57 heavy (non-hydrogen) atoms. The lowest BCUT2D eigenvalue weighted by Crippen LogP contribution is -2.06. The molecule has 0 radical (unpaired) electrons. The maximum absolute atomic E-state index is 6.79. The van der Waals surface area contributed by atoms with E-state index in [-0.39, 0.29) is 0 Å². The minimum atomic E-state index is 0.569. The van der Waals surface area contributed by atoms with Crippen LogP contribution in [0.3, 0.4) is 0 Å². The average molecular weight is 737 g/mol. The standard InChI is InChI=1S/C52H40N4O/c1-5-19-34(8-4)43-32-38(52-54-50(36(20-6-2)21-7-3)53-51(55-52)37-24-13-10-14-25-37)33-44(35-22-11-9-12-23-35)47(43)56-45-28-17-15-26-39(45)41-30-31-42-40-27-16-18-29-46(40)57-49(42)48(41)56/h5-6,8-33H,1,4,7H2,2-3H3/b20-6-,34-19+,36-21+. The summed E-state index contributed by atoms with van der Waals surface area (Å²) < 4.78 is 9.17. The van der Waals surface area contributed by atoms with E-state index in [2.05, 4.69) is 122 Å². The molecule has 0 spiro atoms. The Balaban J connectivity index is 1.45. The van der Waals surface area contributed by atoms with E-state index in [4.69, 9.17) is 19.4 Å². The molecule has 0 amide bonds. The molecular formula is C52H40N4O. The molecule has 0 unspecified atom stereocenters. The quantitative estimate of drug-likeness (QED) is 0.131. The number of aromatic nitrogens is 4. The minimum absolute atomic E-state index is 0.569. The minimum Gasteiger partial charge on any atom is -0.454 e. The van der Waals surface area contributed by atoms with Crippen LogP contribution in [0.15, 0.2) is 187 Å². The molecule has 0 saturated heterocycles. The molecule has 3 aromatic heterocycles. The lowest BCUT2D eigenvalue weighted by atomic mass is 9.92. The van der Waals surface area contributed by atoms with Gasteiger partial charge >= 0.3 is 0 Å². The number of allylic oxidation sites excluding steroid dienone is 8. The number of para-hydroxylation sites is 2. The first kappa shape index (κ1) is 35.3. The van der Waals surface area contributed by atoms with Crippen molar-refractivity contribution in [3.8, 4) is 39.6 Å². The molecule has 6 aromatic carbocycles. The number of benzene rings is 6. The van der Waals surface area contributed by atoms with Crippen molar-refractivity contribution in [2.75, 3.05) is 0 Å². The van der Waals surface area contributed by atoms with Crippen LogP contribution in [-0.2, 0) is 0 Å². The maximum Gasteiger partial charge on any atom is 0.164 e.